The monoisotopic (exact) mass is 374 g/mol. The van der Waals surface area contributed by atoms with Gasteiger partial charge in [0.15, 0.2) is 0 Å². The molecular formula is C23H26N4O. The Hall–Kier alpha value is -2.66. The van der Waals surface area contributed by atoms with Crippen LogP contribution in [0.25, 0.3) is 11.0 Å². The molecule has 2 aromatic carbocycles. The number of carbonyl (C=O) groups is 1. The van der Waals surface area contributed by atoms with Crippen LogP contribution in [0.5, 0.6) is 0 Å². The Labute approximate surface area is 165 Å². The molecule has 5 heteroatoms. The minimum Gasteiger partial charge on any atom is -0.342 e. The quantitative estimate of drug-likeness (QED) is 0.713. The van der Waals surface area contributed by atoms with Crippen molar-refractivity contribution >= 4 is 22.6 Å². The molecule has 1 amide bonds. The molecular weight excluding hydrogens is 348 g/mol. The van der Waals surface area contributed by atoms with Gasteiger partial charge in [0, 0.05) is 18.2 Å². The lowest BCUT2D eigenvalue weighted by Gasteiger charge is -2.36. The first-order valence-corrected chi connectivity index (χ1v) is 10.3. The van der Waals surface area contributed by atoms with Crippen molar-refractivity contribution in [3.05, 3.63) is 59.4 Å². The molecule has 1 saturated heterocycles. The van der Waals surface area contributed by atoms with Crippen molar-refractivity contribution in [1.82, 2.24) is 14.9 Å². The van der Waals surface area contributed by atoms with Gasteiger partial charge in [-0.2, -0.15) is 0 Å². The summed E-state index contributed by atoms with van der Waals surface area (Å²) in [6, 6.07) is 14.4. The number of para-hydroxylation sites is 1. The maximum atomic E-state index is 12.9. The van der Waals surface area contributed by atoms with E-state index in [2.05, 4.69) is 46.4 Å². The van der Waals surface area contributed by atoms with Gasteiger partial charge in [-0.1, -0.05) is 24.3 Å². The second kappa shape index (κ2) is 7.06. The number of fused-ring (bicyclic) bond motifs is 2. The third kappa shape index (κ3) is 3.20. The number of imidazole rings is 1. The zero-order valence-electron chi connectivity index (χ0n) is 16.2. The second-order valence-corrected chi connectivity index (χ2v) is 8.18. The van der Waals surface area contributed by atoms with Gasteiger partial charge in [-0.05, 0) is 68.5 Å². The van der Waals surface area contributed by atoms with E-state index in [-0.39, 0.29) is 11.9 Å². The molecule has 3 aromatic rings. The van der Waals surface area contributed by atoms with E-state index in [9.17, 15) is 4.79 Å². The van der Waals surface area contributed by atoms with Gasteiger partial charge >= 0.3 is 0 Å². The predicted octanol–water partition coefficient (Wildman–Crippen LogP) is 4.00. The molecule has 5 rings (SSSR count). The fraction of sp³-hybridized carbons (Fsp3) is 0.391. The van der Waals surface area contributed by atoms with Gasteiger partial charge < -0.3 is 10.3 Å². The first kappa shape index (κ1) is 17.4. The lowest BCUT2D eigenvalue weighted by molar-refractivity contribution is -0.121. The fourth-order valence-electron chi connectivity index (χ4n) is 4.70. The number of rotatable bonds is 2. The van der Waals surface area contributed by atoms with Crippen molar-refractivity contribution in [1.29, 1.82) is 0 Å². The predicted molar refractivity (Wildman–Crippen MR) is 112 cm³/mol. The molecule has 0 spiro atoms. The highest BCUT2D eigenvalue weighted by atomic mass is 16.2. The lowest BCUT2D eigenvalue weighted by atomic mass is 9.94. The van der Waals surface area contributed by atoms with Crippen LogP contribution >= 0.6 is 0 Å². The minimum absolute atomic E-state index is 0.0678. The van der Waals surface area contributed by atoms with E-state index in [0.717, 1.165) is 61.3 Å². The maximum absolute atomic E-state index is 12.9. The second-order valence-electron chi connectivity index (χ2n) is 8.18. The van der Waals surface area contributed by atoms with Crippen molar-refractivity contribution in [3.8, 4) is 0 Å². The molecule has 5 nitrogen and oxygen atoms in total. The van der Waals surface area contributed by atoms with Gasteiger partial charge in [-0.25, -0.2) is 4.98 Å². The van der Waals surface area contributed by atoms with Gasteiger partial charge in [-0.3, -0.25) is 9.69 Å². The lowest BCUT2D eigenvalue weighted by Crippen LogP contribution is -2.48. The summed E-state index contributed by atoms with van der Waals surface area (Å²) in [4.78, 5) is 23.7. The Balaban J connectivity index is 1.36. The Morgan fingerprint density at radius 1 is 1.14 bits per heavy atom. The van der Waals surface area contributed by atoms with E-state index in [1.807, 2.05) is 18.2 Å². The summed E-state index contributed by atoms with van der Waals surface area (Å²) in [5.74, 6) is 1.54. The van der Waals surface area contributed by atoms with Gasteiger partial charge in [0.2, 0.25) is 5.91 Å². The van der Waals surface area contributed by atoms with Crippen LogP contribution in [0.2, 0.25) is 0 Å². The first-order valence-electron chi connectivity index (χ1n) is 10.3. The Kier molecular flexibility index (Phi) is 4.40. The van der Waals surface area contributed by atoms with E-state index >= 15 is 0 Å². The summed E-state index contributed by atoms with van der Waals surface area (Å²) in [7, 11) is 0. The number of aryl methyl sites for hydroxylation is 2. The molecule has 2 aliphatic heterocycles. The molecule has 144 valence electrons. The smallest absolute Gasteiger partial charge is 0.241 e. The number of amides is 1. The first-order chi connectivity index (χ1) is 13.7. The summed E-state index contributed by atoms with van der Waals surface area (Å²) in [6.45, 7) is 3.96. The highest BCUT2D eigenvalue weighted by Crippen LogP contribution is 2.31. The average Bonchev–Trinajstić information content (AvgIpc) is 3.04. The minimum atomic E-state index is -0.0678. The van der Waals surface area contributed by atoms with Gasteiger partial charge in [0.1, 0.15) is 5.82 Å². The van der Waals surface area contributed by atoms with E-state index in [1.165, 1.54) is 11.1 Å². The van der Waals surface area contributed by atoms with Crippen LogP contribution in [-0.4, -0.2) is 39.9 Å². The fourth-order valence-corrected chi connectivity index (χ4v) is 4.70. The number of nitrogens with zero attached hydrogens (tertiary/aromatic N) is 2. The number of piperidine rings is 1. The molecule has 0 bridgehead atoms. The van der Waals surface area contributed by atoms with Gasteiger partial charge in [-0.15, -0.1) is 0 Å². The molecule has 1 aromatic heterocycles. The molecule has 2 atom stereocenters. The summed E-state index contributed by atoms with van der Waals surface area (Å²) < 4.78 is 0. The van der Waals surface area contributed by atoms with Crippen molar-refractivity contribution in [2.45, 2.75) is 44.6 Å². The van der Waals surface area contributed by atoms with Crippen molar-refractivity contribution in [3.63, 3.8) is 0 Å². The molecule has 2 unspecified atom stereocenters. The van der Waals surface area contributed by atoms with Crippen molar-refractivity contribution in [2.24, 2.45) is 0 Å². The van der Waals surface area contributed by atoms with Crippen molar-refractivity contribution < 1.29 is 4.79 Å². The number of benzene rings is 2. The van der Waals surface area contributed by atoms with E-state index in [0.29, 0.717) is 5.92 Å². The number of carbonyl (C=O) groups excluding carboxylic acids is 1. The Morgan fingerprint density at radius 2 is 2.04 bits per heavy atom. The largest absolute Gasteiger partial charge is 0.342 e. The maximum Gasteiger partial charge on any atom is 0.241 e. The number of H-pyrrole nitrogens is 1. The molecule has 28 heavy (non-hydrogen) atoms. The zero-order chi connectivity index (χ0) is 19.1. The van der Waals surface area contributed by atoms with E-state index in [1.54, 1.807) is 0 Å². The highest BCUT2D eigenvalue weighted by Gasteiger charge is 2.33. The molecule has 3 heterocycles. The van der Waals surface area contributed by atoms with E-state index < -0.39 is 0 Å². The molecule has 2 aliphatic rings. The number of hydrogen-bond donors (Lipinski definition) is 2. The standard InChI is InChI=1S/C23H26N4O/c1-15-8-10-19-20(13-15)25-22(24-19)17-6-4-12-27(14-17)21-11-9-16-5-2-3-7-18(16)26-23(21)28/h2-3,5,7-8,10,13,17,21H,4,6,9,11-12,14H2,1H3,(H,24,25)(H,26,28). The van der Waals surface area contributed by atoms with Crippen molar-refractivity contribution in [2.75, 3.05) is 18.4 Å². The number of anilines is 1. The number of nitrogens with one attached hydrogen (secondary N) is 2. The van der Waals surface area contributed by atoms with Crippen LogP contribution in [0.3, 0.4) is 0 Å². The molecule has 0 saturated carbocycles. The third-order valence-electron chi connectivity index (χ3n) is 6.20. The Bertz CT molecular complexity index is 1020. The number of hydrogen-bond acceptors (Lipinski definition) is 3. The van der Waals surface area contributed by atoms with Crippen LogP contribution in [0.15, 0.2) is 42.5 Å². The topological polar surface area (TPSA) is 61.0 Å². The highest BCUT2D eigenvalue weighted by molar-refractivity contribution is 5.96. The summed E-state index contributed by atoms with van der Waals surface area (Å²) >= 11 is 0. The zero-order valence-corrected chi connectivity index (χ0v) is 16.2. The van der Waals surface area contributed by atoms with Gasteiger partial charge in [0.05, 0.1) is 17.1 Å². The van der Waals surface area contributed by atoms with Crippen LogP contribution < -0.4 is 5.32 Å². The SMILES string of the molecule is Cc1ccc2nc(C3CCCN(C4CCc5ccccc5NC4=O)C3)[nH]c2c1. The van der Waals surface area contributed by atoms with E-state index in [4.69, 9.17) is 4.98 Å². The molecule has 2 N–H and O–H groups in total. The Morgan fingerprint density at radius 3 is 2.96 bits per heavy atom. The normalized spacial score (nSPS) is 23.2. The van der Waals surface area contributed by atoms with Crippen LogP contribution in [-0.2, 0) is 11.2 Å². The molecule has 0 radical (unpaired) electrons. The summed E-state index contributed by atoms with van der Waals surface area (Å²) in [5.41, 5.74) is 5.58. The van der Waals surface area contributed by atoms with Crippen LogP contribution in [0, 0.1) is 6.92 Å². The molecule has 1 fully saturated rings. The van der Waals surface area contributed by atoms with Gasteiger partial charge in [0.25, 0.3) is 0 Å². The number of likely N-dealkylation sites (tertiary alicyclic amines) is 1. The number of aromatic nitrogens is 2. The molecule has 0 aliphatic carbocycles. The van der Waals surface area contributed by atoms with Crippen LogP contribution in [0.4, 0.5) is 5.69 Å². The summed E-state index contributed by atoms with van der Waals surface area (Å²) in [6.07, 6.45) is 4.01. The number of aromatic amines is 1. The summed E-state index contributed by atoms with van der Waals surface area (Å²) in [5, 5.41) is 3.15. The van der Waals surface area contributed by atoms with Crippen LogP contribution in [0.1, 0.15) is 42.1 Å². The average molecular weight is 374 g/mol. The third-order valence-corrected chi connectivity index (χ3v) is 6.20.